The van der Waals surface area contributed by atoms with Crippen LogP contribution < -0.4 is 21.5 Å². The number of ketones is 1. The van der Waals surface area contributed by atoms with Gasteiger partial charge in [0.1, 0.15) is 17.5 Å². The molecule has 1 saturated heterocycles. The van der Waals surface area contributed by atoms with Crippen LogP contribution in [-0.2, 0) is 7.05 Å². The SMILES string of the molecule is CN1CCC(Nc2ccc(Nc3ncc4cc(-c5nccn5C)c(=O)n(C5CNc6ccccc6C5=O)c4n3)cc2)CC1. The Labute approximate surface area is 248 Å². The third-order valence-electron chi connectivity index (χ3n) is 8.36. The van der Waals surface area contributed by atoms with Crippen LogP contribution in [0.1, 0.15) is 29.2 Å². The van der Waals surface area contributed by atoms with Crippen LogP contribution in [-0.4, -0.2) is 67.5 Å². The predicted octanol–water partition coefficient (Wildman–Crippen LogP) is 4.29. The van der Waals surface area contributed by atoms with Crippen molar-refractivity contribution in [2.75, 3.05) is 42.6 Å². The smallest absolute Gasteiger partial charge is 0.264 e. The molecule has 11 nitrogen and oxygen atoms in total. The van der Waals surface area contributed by atoms with E-state index in [0.29, 0.717) is 40.0 Å². The Morgan fingerprint density at radius 2 is 1.70 bits per heavy atom. The van der Waals surface area contributed by atoms with Gasteiger partial charge in [0.05, 0.1) is 5.56 Å². The van der Waals surface area contributed by atoms with Gasteiger partial charge in [-0.3, -0.25) is 14.2 Å². The normalized spacial score (nSPS) is 17.4. The summed E-state index contributed by atoms with van der Waals surface area (Å²) >= 11 is 0. The van der Waals surface area contributed by atoms with Gasteiger partial charge in [-0.25, -0.2) is 9.97 Å². The molecule has 1 unspecified atom stereocenters. The number of nitrogens with zero attached hydrogens (tertiary/aromatic N) is 6. The summed E-state index contributed by atoms with van der Waals surface area (Å²) in [5.41, 5.74) is 3.60. The summed E-state index contributed by atoms with van der Waals surface area (Å²) in [6.45, 7) is 2.45. The molecule has 0 aliphatic carbocycles. The van der Waals surface area contributed by atoms with E-state index in [1.54, 1.807) is 35.3 Å². The molecule has 0 spiro atoms. The minimum atomic E-state index is -0.794. The number of carbonyl (C=O) groups is 1. The lowest BCUT2D eigenvalue weighted by atomic mass is 9.97. The van der Waals surface area contributed by atoms with Crippen LogP contribution in [0.5, 0.6) is 0 Å². The van der Waals surface area contributed by atoms with Crippen LogP contribution in [0.2, 0.25) is 0 Å². The number of benzene rings is 2. The lowest BCUT2D eigenvalue weighted by molar-refractivity contribution is 0.0927. The van der Waals surface area contributed by atoms with Crippen molar-refractivity contribution in [2.24, 2.45) is 7.05 Å². The Bertz CT molecular complexity index is 1870. The van der Waals surface area contributed by atoms with Gasteiger partial charge >= 0.3 is 0 Å². The number of aryl methyl sites for hydroxylation is 1. The van der Waals surface area contributed by atoms with E-state index in [4.69, 9.17) is 4.98 Å². The zero-order chi connectivity index (χ0) is 29.5. The van der Waals surface area contributed by atoms with Gasteiger partial charge in [-0.05, 0) is 75.4 Å². The number of imidazole rings is 1. The molecule has 0 radical (unpaired) electrons. The average molecular weight is 576 g/mol. The van der Waals surface area contributed by atoms with Crippen molar-refractivity contribution >= 4 is 39.8 Å². The van der Waals surface area contributed by atoms with Crippen LogP contribution in [0.25, 0.3) is 22.4 Å². The summed E-state index contributed by atoms with van der Waals surface area (Å²) in [5, 5.41) is 10.9. The number of hydrogen-bond donors (Lipinski definition) is 3. The number of fused-ring (bicyclic) bond motifs is 2. The fraction of sp³-hybridized carbons (Fsp3) is 0.281. The van der Waals surface area contributed by atoms with Crippen molar-refractivity contribution in [2.45, 2.75) is 24.9 Å². The van der Waals surface area contributed by atoms with Gasteiger partial charge in [0.2, 0.25) is 5.95 Å². The number of pyridine rings is 1. The molecular weight excluding hydrogens is 542 g/mol. The van der Waals surface area contributed by atoms with Gasteiger partial charge in [-0.2, -0.15) is 4.98 Å². The highest BCUT2D eigenvalue weighted by Crippen LogP contribution is 2.30. The number of Topliss-reactive ketones (excluding diaryl/α,β-unsaturated/α-hetero) is 1. The first-order valence-corrected chi connectivity index (χ1v) is 14.5. The first-order valence-electron chi connectivity index (χ1n) is 14.5. The number of hydrogen-bond acceptors (Lipinski definition) is 9. The van der Waals surface area contributed by atoms with Crippen LogP contribution in [0.4, 0.5) is 23.0 Å². The summed E-state index contributed by atoms with van der Waals surface area (Å²) < 4.78 is 3.28. The van der Waals surface area contributed by atoms with Gasteiger partial charge in [-0.15, -0.1) is 0 Å². The lowest BCUT2D eigenvalue weighted by Crippen LogP contribution is -2.38. The van der Waals surface area contributed by atoms with Crippen LogP contribution in [0, 0.1) is 0 Å². The van der Waals surface area contributed by atoms with E-state index in [1.807, 2.05) is 49.5 Å². The Hall–Kier alpha value is -5.03. The molecule has 2 aromatic carbocycles. The maximum atomic E-state index is 14.1. The number of likely N-dealkylation sites (tertiary alicyclic amines) is 1. The third kappa shape index (κ3) is 5.12. The lowest BCUT2D eigenvalue weighted by Gasteiger charge is -2.30. The summed E-state index contributed by atoms with van der Waals surface area (Å²) in [4.78, 5) is 44.0. The second kappa shape index (κ2) is 11.0. The molecule has 1 fully saturated rings. The van der Waals surface area contributed by atoms with E-state index in [0.717, 1.165) is 43.0 Å². The number of aromatic nitrogens is 5. The maximum Gasteiger partial charge on any atom is 0.264 e. The van der Waals surface area contributed by atoms with Crippen LogP contribution in [0.3, 0.4) is 0 Å². The molecule has 3 N–H and O–H groups in total. The highest BCUT2D eigenvalue weighted by molar-refractivity contribution is 6.06. The molecule has 1 atom stereocenters. The molecular formula is C32H33N9O2. The standard InChI is InChI=1S/C32H33N9O2/c1-39-14-11-23(12-15-39)36-21-7-9-22(10-8-21)37-32-35-18-20-17-25(30-33-13-16-40(30)2)31(43)41(29(20)38-32)27-19-34-26-6-4-3-5-24(26)28(27)42/h3-10,13,16-18,23,27,34,36H,11-12,14-15,19H2,1-2H3,(H,35,37,38). The van der Waals surface area contributed by atoms with Crippen LogP contribution in [0.15, 0.2) is 78.0 Å². The number of nitrogens with one attached hydrogen (secondary N) is 3. The van der Waals surface area contributed by atoms with Crippen molar-refractivity contribution in [1.82, 2.24) is 29.0 Å². The molecule has 43 heavy (non-hydrogen) atoms. The number of anilines is 4. The number of piperidine rings is 1. The topological polar surface area (TPSA) is 122 Å². The molecule has 3 aromatic heterocycles. The Morgan fingerprint density at radius 3 is 2.47 bits per heavy atom. The van der Waals surface area contributed by atoms with E-state index in [-0.39, 0.29) is 17.9 Å². The van der Waals surface area contributed by atoms with Crippen molar-refractivity contribution < 1.29 is 4.79 Å². The second-order valence-corrected chi connectivity index (χ2v) is 11.3. The largest absolute Gasteiger partial charge is 0.382 e. The minimum absolute atomic E-state index is 0.143. The molecule has 0 amide bonds. The van der Waals surface area contributed by atoms with Crippen LogP contribution >= 0.6 is 0 Å². The van der Waals surface area contributed by atoms with Gasteiger partial charge in [0.25, 0.3) is 5.56 Å². The molecule has 2 aliphatic rings. The summed E-state index contributed by atoms with van der Waals surface area (Å²) in [6.07, 6.45) is 7.35. The monoisotopic (exact) mass is 575 g/mol. The third-order valence-corrected chi connectivity index (χ3v) is 8.36. The molecule has 2 aliphatic heterocycles. The maximum absolute atomic E-state index is 14.1. The fourth-order valence-electron chi connectivity index (χ4n) is 5.96. The zero-order valence-corrected chi connectivity index (χ0v) is 24.1. The molecule has 7 rings (SSSR count). The van der Waals surface area contributed by atoms with E-state index in [1.165, 1.54) is 4.57 Å². The second-order valence-electron chi connectivity index (χ2n) is 11.3. The number of para-hydroxylation sites is 1. The average Bonchev–Trinajstić information content (AvgIpc) is 3.45. The Kier molecular flexibility index (Phi) is 6.86. The fourth-order valence-corrected chi connectivity index (χ4v) is 5.96. The molecule has 5 heterocycles. The Balaban J connectivity index is 1.24. The quantitative estimate of drug-likeness (QED) is 0.272. The van der Waals surface area contributed by atoms with Gasteiger partial charge in [-0.1, -0.05) is 12.1 Å². The molecule has 218 valence electrons. The van der Waals surface area contributed by atoms with E-state index < -0.39 is 6.04 Å². The van der Waals surface area contributed by atoms with Crippen molar-refractivity contribution in [3.05, 3.63) is 89.1 Å². The van der Waals surface area contributed by atoms with Gasteiger partial charge < -0.3 is 25.4 Å². The Morgan fingerprint density at radius 1 is 0.930 bits per heavy atom. The van der Waals surface area contributed by atoms with Gasteiger partial charge in [0.15, 0.2) is 5.78 Å². The van der Waals surface area contributed by atoms with E-state index in [9.17, 15) is 9.59 Å². The zero-order valence-electron chi connectivity index (χ0n) is 24.1. The highest BCUT2D eigenvalue weighted by atomic mass is 16.1. The molecule has 11 heteroatoms. The summed E-state index contributed by atoms with van der Waals surface area (Å²) in [7, 11) is 3.99. The van der Waals surface area contributed by atoms with Crippen molar-refractivity contribution in [1.29, 1.82) is 0 Å². The predicted molar refractivity (Wildman–Crippen MR) is 168 cm³/mol. The first kappa shape index (κ1) is 26.8. The van der Waals surface area contributed by atoms with Crippen molar-refractivity contribution in [3.8, 4) is 11.4 Å². The minimum Gasteiger partial charge on any atom is -0.382 e. The summed E-state index contributed by atoms with van der Waals surface area (Å²) in [5.74, 6) is 0.696. The first-order chi connectivity index (χ1) is 20.9. The molecule has 0 saturated carbocycles. The number of carbonyl (C=O) groups excluding carboxylic acids is 1. The highest BCUT2D eigenvalue weighted by Gasteiger charge is 2.32. The summed E-state index contributed by atoms with van der Waals surface area (Å²) in [6, 6.07) is 16.8. The van der Waals surface area contributed by atoms with Gasteiger partial charge in [0, 0.05) is 66.2 Å². The molecule has 0 bridgehead atoms. The molecule has 5 aromatic rings. The van der Waals surface area contributed by atoms with E-state index >= 15 is 0 Å². The number of rotatable bonds is 6. The van der Waals surface area contributed by atoms with E-state index in [2.05, 4.69) is 37.9 Å². The van der Waals surface area contributed by atoms with Crippen molar-refractivity contribution in [3.63, 3.8) is 0 Å².